The van der Waals surface area contributed by atoms with E-state index < -0.39 is 0 Å². The SMILES string of the molecule is COCCNCCCOc1cc(Cl)cc(Cl)c1. The van der Waals surface area contributed by atoms with Crippen molar-refractivity contribution in [3.05, 3.63) is 28.2 Å². The minimum Gasteiger partial charge on any atom is -0.493 e. The number of halogens is 2. The number of nitrogens with one attached hydrogen (secondary N) is 1. The third kappa shape index (κ3) is 6.74. The molecule has 0 saturated carbocycles. The average Bonchev–Trinajstić information content (AvgIpc) is 2.26. The predicted octanol–water partition coefficient (Wildman–Crippen LogP) is 3.00. The average molecular weight is 278 g/mol. The van der Waals surface area contributed by atoms with Crippen molar-refractivity contribution in [1.82, 2.24) is 5.32 Å². The van der Waals surface area contributed by atoms with Crippen LogP contribution in [-0.4, -0.2) is 33.4 Å². The van der Waals surface area contributed by atoms with Crippen molar-refractivity contribution < 1.29 is 9.47 Å². The molecule has 1 N–H and O–H groups in total. The van der Waals surface area contributed by atoms with Crippen molar-refractivity contribution in [3.63, 3.8) is 0 Å². The molecule has 0 aliphatic carbocycles. The van der Waals surface area contributed by atoms with E-state index in [0.717, 1.165) is 26.1 Å². The van der Waals surface area contributed by atoms with Crippen LogP contribution in [0.2, 0.25) is 10.0 Å². The van der Waals surface area contributed by atoms with E-state index in [2.05, 4.69) is 5.32 Å². The van der Waals surface area contributed by atoms with Crippen LogP contribution in [0.3, 0.4) is 0 Å². The summed E-state index contributed by atoms with van der Waals surface area (Å²) in [6, 6.07) is 5.19. The molecule has 0 spiro atoms. The van der Waals surface area contributed by atoms with E-state index in [9.17, 15) is 0 Å². The molecule has 3 nitrogen and oxygen atoms in total. The van der Waals surface area contributed by atoms with Gasteiger partial charge in [0.1, 0.15) is 5.75 Å². The molecule has 0 unspecified atom stereocenters. The number of hydrogen-bond acceptors (Lipinski definition) is 3. The lowest BCUT2D eigenvalue weighted by molar-refractivity contribution is 0.198. The second kappa shape index (κ2) is 8.59. The van der Waals surface area contributed by atoms with E-state index in [1.54, 1.807) is 25.3 Å². The normalized spacial score (nSPS) is 10.5. The van der Waals surface area contributed by atoms with Gasteiger partial charge in [0.25, 0.3) is 0 Å². The van der Waals surface area contributed by atoms with Crippen molar-refractivity contribution in [1.29, 1.82) is 0 Å². The maximum absolute atomic E-state index is 5.86. The van der Waals surface area contributed by atoms with Crippen molar-refractivity contribution in [2.75, 3.05) is 33.4 Å². The van der Waals surface area contributed by atoms with Gasteiger partial charge in [0.2, 0.25) is 0 Å². The minimum atomic E-state index is 0.589. The molecule has 0 fully saturated rings. The molecule has 0 atom stereocenters. The van der Waals surface area contributed by atoms with Gasteiger partial charge in [-0.3, -0.25) is 0 Å². The number of hydrogen-bond donors (Lipinski definition) is 1. The molecule has 0 aliphatic rings. The second-order valence-corrected chi connectivity index (χ2v) is 4.42. The Bertz CT molecular complexity index is 314. The summed E-state index contributed by atoms with van der Waals surface area (Å²) in [6.07, 6.45) is 0.924. The lowest BCUT2D eigenvalue weighted by atomic mass is 10.3. The quantitative estimate of drug-likeness (QED) is 0.741. The number of rotatable bonds is 8. The highest BCUT2D eigenvalue weighted by Gasteiger charge is 1.98. The van der Waals surface area contributed by atoms with Gasteiger partial charge in [-0.1, -0.05) is 23.2 Å². The maximum Gasteiger partial charge on any atom is 0.122 e. The fraction of sp³-hybridized carbons (Fsp3) is 0.500. The molecule has 0 aromatic heterocycles. The van der Waals surface area contributed by atoms with Crippen LogP contribution in [0.4, 0.5) is 0 Å². The monoisotopic (exact) mass is 277 g/mol. The van der Waals surface area contributed by atoms with Crippen LogP contribution in [0.25, 0.3) is 0 Å². The van der Waals surface area contributed by atoms with E-state index in [1.165, 1.54) is 0 Å². The van der Waals surface area contributed by atoms with E-state index in [-0.39, 0.29) is 0 Å². The minimum absolute atomic E-state index is 0.589. The van der Waals surface area contributed by atoms with E-state index in [4.69, 9.17) is 32.7 Å². The van der Waals surface area contributed by atoms with Gasteiger partial charge in [-0.2, -0.15) is 0 Å². The van der Waals surface area contributed by atoms with Crippen LogP contribution in [0.15, 0.2) is 18.2 Å². The lowest BCUT2D eigenvalue weighted by Gasteiger charge is -2.07. The van der Waals surface area contributed by atoms with Gasteiger partial charge in [-0.05, 0) is 31.2 Å². The molecule has 5 heteroatoms. The molecule has 0 radical (unpaired) electrons. The van der Waals surface area contributed by atoms with Gasteiger partial charge in [-0.15, -0.1) is 0 Å². The topological polar surface area (TPSA) is 30.5 Å². The molecule has 96 valence electrons. The first-order valence-electron chi connectivity index (χ1n) is 5.51. The smallest absolute Gasteiger partial charge is 0.122 e. The molecule has 0 amide bonds. The van der Waals surface area contributed by atoms with Crippen LogP contribution in [0.5, 0.6) is 5.75 Å². The van der Waals surface area contributed by atoms with Crippen molar-refractivity contribution in [2.45, 2.75) is 6.42 Å². The summed E-state index contributed by atoms with van der Waals surface area (Å²) in [4.78, 5) is 0. The zero-order chi connectivity index (χ0) is 12.5. The van der Waals surface area contributed by atoms with Gasteiger partial charge < -0.3 is 14.8 Å². The zero-order valence-corrected chi connectivity index (χ0v) is 11.4. The third-order valence-electron chi connectivity index (χ3n) is 2.09. The molecule has 1 aromatic carbocycles. The van der Waals surface area contributed by atoms with Crippen molar-refractivity contribution in [2.24, 2.45) is 0 Å². The van der Waals surface area contributed by atoms with Crippen molar-refractivity contribution in [3.8, 4) is 5.75 Å². The van der Waals surface area contributed by atoms with Gasteiger partial charge in [0.05, 0.1) is 13.2 Å². The van der Waals surface area contributed by atoms with Gasteiger partial charge in [0.15, 0.2) is 0 Å². The summed E-state index contributed by atoms with van der Waals surface area (Å²) in [7, 11) is 1.69. The van der Waals surface area contributed by atoms with Gasteiger partial charge in [0, 0.05) is 23.7 Å². The molecule has 0 heterocycles. The molecule has 1 aromatic rings. The highest BCUT2D eigenvalue weighted by molar-refractivity contribution is 6.34. The fourth-order valence-corrected chi connectivity index (χ4v) is 1.80. The summed E-state index contributed by atoms with van der Waals surface area (Å²) in [5, 5.41) is 4.42. The molecule has 0 saturated heterocycles. The Labute approximate surface area is 112 Å². The second-order valence-electron chi connectivity index (χ2n) is 3.55. The Morgan fingerprint density at radius 2 is 1.76 bits per heavy atom. The van der Waals surface area contributed by atoms with E-state index in [0.29, 0.717) is 22.4 Å². The summed E-state index contributed by atoms with van der Waals surface area (Å²) >= 11 is 11.7. The molecular weight excluding hydrogens is 261 g/mol. The first-order valence-corrected chi connectivity index (χ1v) is 6.26. The molecule has 0 bridgehead atoms. The number of ether oxygens (including phenoxy) is 2. The van der Waals surface area contributed by atoms with Crippen molar-refractivity contribution >= 4 is 23.2 Å². The van der Waals surface area contributed by atoms with Gasteiger partial charge in [-0.25, -0.2) is 0 Å². The summed E-state index contributed by atoms with van der Waals surface area (Å²) in [5.74, 6) is 0.708. The highest BCUT2D eigenvalue weighted by atomic mass is 35.5. The van der Waals surface area contributed by atoms with Crippen LogP contribution in [-0.2, 0) is 4.74 Å². The first kappa shape index (κ1) is 14.6. The lowest BCUT2D eigenvalue weighted by Crippen LogP contribution is -2.21. The standard InChI is InChI=1S/C12H17Cl2NO2/c1-16-6-4-15-3-2-5-17-12-8-10(13)7-11(14)9-12/h7-9,15H,2-6H2,1H3. The molecular formula is C12H17Cl2NO2. The fourth-order valence-electron chi connectivity index (χ4n) is 1.30. The Balaban J connectivity index is 2.13. The van der Waals surface area contributed by atoms with Crippen LogP contribution >= 0.6 is 23.2 Å². The molecule has 0 aliphatic heterocycles. The number of methoxy groups -OCH3 is 1. The highest BCUT2D eigenvalue weighted by Crippen LogP contribution is 2.24. The van der Waals surface area contributed by atoms with E-state index in [1.807, 2.05) is 0 Å². The summed E-state index contributed by atoms with van der Waals surface area (Å²) in [5.41, 5.74) is 0. The Morgan fingerprint density at radius 1 is 1.06 bits per heavy atom. The van der Waals surface area contributed by atoms with Gasteiger partial charge >= 0.3 is 0 Å². The Kier molecular flexibility index (Phi) is 7.37. The predicted molar refractivity (Wildman–Crippen MR) is 71.3 cm³/mol. The summed E-state index contributed by atoms with van der Waals surface area (Å²) < 4.78 is 10.5. The largest absolute Gasteiger partial charge is 0.493 e. The Hall–Kier alpha value is -0.480. The third-order valence-corrected chi connectivity index (χ3v) is 2.52. The number of benzene rings is 1. The molecule has 1 rings (SSSR count). The zero-order valence-electron chi connectivity index (χ0n) is 9.84. The summed E-state index contributed by atoms with van der Waals surface area (Å²) in [6.45, 7) is 3.12. The van der Waals surface area contributed by atoms with E-state index >= 15 is 0 Å². The first-order chi connectivity index (χ1) is 8.22. The van der Waals surface area contributed by atoms with Crippen LogP contribution in [0.1, 0.15) is 6.42 Å². The Morgan fingerprint density at radius 3 is 2.41 bits per heavy atom. The molecule has 17 heavy (non-hydrogen) atoms. The van der Waals surface area contributed by atoms with Crippen LogP contribution < -0.4 is 10.1 Å². The maximum atomic E-state index is 5.86. The van der Waals surface area contributed by atoms with Crippen LogP contribution in [0, 0.1) is 0 Å².